The molecule has 14 heavy (non-hydrogen) atoms. The van der Waals surface area contributed by atoms with Gasteiger partial charge in [0.05, 0.1) is 5.69 Å². The third-order valence-corrected chi connectivity index (χ3v) is 3.49. The Morgan fingerprint density at radius 2 is 2.21 bits per heavy atom. The van der Waals surface area contributed by atoms with E-state index in [-0.39, 0.29) is 0 Å². The van der Waals surface area contributed by atoms with E-state index < -0.39 is 0 Å². The maximum Gasteiger partial charge on any atom is 0.0620 e. The number of halogens is 1. The fraction of sp³-hybridized carbons (Fsp3) is 0.636. The van der Waals surface area contributed by atoms with Crippen molar-refractivity contribution in [2.24, 2.45) is 5.92 Å². The molecule has 0 saturated heterocycles. The fourth-order valence-electron chi connectivity index (χ4n) is 2.18. The van der Waals surface area contributed by atoms with Crippen LogP contribution in [0.1, 0.15) is 37.8 Å². The van der Waals surface area contributed by atoms with Crippen molar-refractivity contribution >= 4 is 11.6 Å². The maximum absolute atomic E-state index is 6.18. The molecule has 0 radical (unpaired) electrons. The Balaban J connectivity index is 2.16. The van der Waals surface area contributed by atoms with Crippen LogP contribution >= 0.6 is 11.6 Å². The Morgan fingerprint density at radius 1 is 1.36 bits per heavy atom. The molecule has 76 valence electrons. The summed E-state index contributed by atoms with van der Waals surface area (Å²) in [4.78, 5) is 8.48. The van der Waals surface area contributed by atoms with E-state index in [1.165, 1.54) is 6.42 Å². The van der Waals surface area contributed by atoms with Crippen LogP contribution in [-0.2, 0) is 0 Å². The number of hydrogen-bond donors (Lipinski definition) is 0. The molecule has 0 amide bonds. The lowest BCUT2D eigenvalue weighted by Gasteiger charge is -2.30. The summed E-state index contributed by atoms with van der Waals surface area (Å²) < 4.78 is 0. The molecule has 0 spiro atoms. The average Bonchev–Trinajstić information content (AvgIpc) is 2.23. The third-order valence-electron chi connectivity index (χ3n) is 3.09. The largest absolute Gasteiger partial charge is 0.261 e. The molecule has 3 heteroatoms. The first kappa shape index (κ1) is 9.91. The highest BCUT2D eigenvalue weighted by atomic mass is 35.5. The SMILES string of the molecule is CC1CCC(Cl)CC1c1cnccn1. The van der Waals surface area contributed by atoms with Gasteiger partial charge in [-0.15, -0.1) is 11.6 Å². The summed E-state index contributed by atoms with van der Waals surface area (Å²) in [6, 6.07) is 0. The van der Waals surface area contributed by atoms with Gasteiger partial charge in [-0.3, -0.25) is 9.97 Å². The quantitative estimate of drug-likeness (QED) is 0.666. The first-order valence-corrected chi connectivity index (χ1v) is 5.61. The summed E-state index contributed by atoms with van der Waals surface area (Å²) in [5, 5.41) is 0.318. The number of alkyl halides is 1. The van der Waals surface area contributed by atoms with Crippen LogP contribution in [0.15, 0.2) is 18.6 Å². The highest BCUT2D eigenvalue weighted by Crippen LogP contribution is 2.38. The number of rotatable bonds is 1. The molecular weight excluding hydrogens is 196 g/mol. The zero-order valence-electron chi connectivity index (χ0n) is 8.36. The Hall–Kier alpha value is -0.630. The van der Waals surface area contributed by atoms with Gasteiger partial charge >= 0.3 is 0 Å². The summed E-state index contributed by atoms with van der Waals surface area (Å²) in [6.45, 7) is 2.28. The van der Waals surface area contributed by atoms with Gasteiger partial charge in [0, 0.05) is 29.9 Å². The number of aromatic nitrogens is 2. The standard InChI is InChI=1S/C11H15ClN2/c1-8-2-3-9(12)6-10(8)11-7-13-4-5-14-11/h4-5,7-10H,2-3,6H2,1H3. The first-order chi connectivity index (χ1) is 6.77. The minimum Gasteiger partial charge on any atom is -0.261 e. The molecule has 0 aliphatic heterocycles. The molecule has 1 fully saturated rings. The Bertz CT molecular complexity index is 289. The van der Waals surface area contributed by atoms with Gasteiger partial charge in [-0.2, -0.15) is 0 Å². The smallest absolute Gasteiger partial charge is 0.0620 e. The molecule has 1 aliphatic carbocycles. The lowest BCUT2D eigenvalue weighted by molar-refractivity contribution is 0.329. The predicted octanol–water partition coefficient (Wildman–Crippen LogP) is 2.99. The Kier molecular flexibility index (Phi) is 3.02. The summed E-state index contributed by atoms with van der Waals surface area (Å²) in [5.41, 5.74) is 1.10. The zero-order chi connectivity index (χ0) is 9.97. The van der Waals surface area contributed by atoms with Gasteiger partial charge in [0.15, 0.2) is 0 Å². The zero-order valence-corrected chi connectivity index (χ0v) is 9.11. The van der Waals surface area contributed by atoms with Crippen LogP contribution in [0.5, 0.6) is 0 Å². The molecule has 0 N–H and O–H groups in total. The monoisotopic (exact) mass is 210 g/mol. The molecule has 3 unspecified atom stereocenters. The van der Waals surface area contributed by atoms with Gasteiger partial charge < -0.3 is 0 Å². The minimum atomic E-state index is 0.318. The fourth-order valence-corrected chi connectivity index (χ4v) is 2.50. The highest BCUT2D eigenvalue weighted by molar-refractivity contribution is 6.20. The van der Waals surface area contributed by atoms with Crippen molar-refractivity contribution in [1.82, 2.24) is 9.97 Å². The van der Waals surface area contributed by atoms with E-state index in [0.29, 0.717) is 17.2 Å². The van der Waals surface area contributed by atoms with Gasteiger partial charge in [0.1, 0.15) is 0 Å². The summed E-state index contributed by atoms with van der Waals surface area (Å²) >= 11 is 6.18. The van der Waals surface area contributed by atoms with E-state index in [1.807, 2.05) is 6.20 Å². The summed E-state index contributed by atoms with van der Waals surface area (Å²) in [6.07, 6.45) is 8.74. The first-order valence-electron chi connectivity index (χ1n) is 5.17. The van der Waals surface area contributed by atoms with E-state index in [1.54, 1.807) is 12.4 Å². The third kappa shape index (κ3) is 2.06. The second kappa shape index (κ2) is 4.26. The lowest BCUT2D eigenvalue weighted by atomic mass is 9.78. The molecule has 2 rings (SSSR count). The van der Waals surface area contributed by atoms with Crippen molar-refractivity contribution in [3.05, 3.63) is 24.3 Å². The Morgan fingerprint density at radius 3 is 2.93 bits per heavy atom. The van der Waals surface area contributed by atoms with Crippen LogP contribution in [0.2, 0.25) is 0 Å². The molecule has 1 aliphatic rings. The van der Waals surface area contributed by atoms with Crippen molar-refractivity contribution in [1.29, 1.82) is 0 Å². The van der Waals surface area contributed by atoms with Crippen LogP contribution in [0.25, 0.3) is 0 Å². The molecule has 1 heterocycles. The number of hydrogen-bond acceptors (Lipinski definition) is 2. The van der Waals surface area contributed by atoms with Crippen molar-refractivity contribution < 1.29 is 0 Å². The minimum absolute atomic E-state index is 0.318. The molecular formula is C11H15ClN2. The van der Waals surface area contributed by atoms with E-state index in [0.717, 1.165) is 18.5 Å². The predicted molar refractivity (Wildman–Crippen MR) is 57.4 cm³/mol. The van der Waals surface area contributed by atoms with Crippen LogP contribution in [-0.4, -0.2) is 15.3 Å². The van der Waals surface area contributed by atoms with E-state index >= 15 is 0 Å². The lowest BCUT2D eigenvalue weighted by Crippen LogP contribution is -2.22. The molecule has 0 aromatic carbocycles. The van der Waals surface area contributed by atoms with Crippen molar-refractivity contribution in [3.8, 4) is 0 Å². The highest BCUT2D eigenvalue weighted by Gasteiger charge is 2.28. The van der Waals surface area contributed by atoms with Gasteiger partial charge in [-0.1, -0.05) is 6.92 Å². The molecule has 1 saturated carbocycles. The summed E-state index contributed by atoms with van der Waals surface area (Å²) in [7, 11) is 0. The van der Waals surface area contributed by atoms with Crippen molar-refractivity contribution in [2.75, 3.05) is 0 Å². The average molecular weight is 211 g/mol. The van der Waals surface area contributed by atoms with E-state index in [9.17, 15) is 0 Å². The van der Waals surface area contributed by atoms with E-state index in [2.05, 4.69) is 16.9 Å². The van der Waals surface area contributed by atoms with Gasteiger partial charge in [-0.25, -0.2) is 0 Å². The van der Waals surface area contributed by atoms with Crippen LogP contribution < -0.4 is 0 Å². The normalized spacial score (nSPS) is 32.9. The molecule has 3 atom stereocenters. The second-order valence-corrected chi connectivity index (χ2v) is 4.74. The van der Waals surface area contributed by atoms with Crippen LogP contribution in [0, 0.1) is 5.92 Å². The van der Waals surface area contributed by atoms with Crippen LogP contribution in [0.4, 0.5) is 0 Å². The van der Waals surface area contributed by atoms with Gasteiger partial charge in [-0.05, 0) is 25.2 Å². The molecule has 0 bridgehead atoms. The molecule has 1 aromatic rings. The van der Waals surface area contributed by atoms with E-state index in [4.69, 9.17) is 11.6 Å². The second-order valence-electron chi connectivity index (χ2n) is 4.12. The topological polar surface area (TPSA) is 25.8 Å². The molecule has 2 nitrogen and oxygen atoms in total. The van der Waals surface area contributed by atoms with Crippen LogP contribution in [0.3, 0.4) is 0 Å². The van der Waals surface area contributed by atoms with Gasteiger partial charge in [0.25, 0.3) is 0 Å². The van der Waals surface area contributed by atoms with Gasteiger partial charge in [0.2, 0.25) is 0 Å². The summed E-state index contributed by atoms with van der Waals surface area (Å²) in [5.74, 6) is 1.18. The van der Waals surface area contributed by atoms with Crippen molar-refractivity contribution in [2.45, 2.75) is 37.5 Å². The Labute approximate surface area is 89.7 Å². The maximum atomic E-state index is 6.18. The van der Waals surface area contributed by atoms with Crippen molar-refractivity contribution in [3.63, 3.8) is 0 Å². The number of nitrogens with zero attached hydrogens (tertiary/aromatic N) is 2. The molecule has 1 aromatic heterocycles.